The number of amides is 1. The topological polar surface area (TPSA) is 66.8 Å². The van der Waals surface area contributed by atoms with Crippen molar-refractivity contribution < 1.29 is 19.4 Å². The molecule has 0 saturated carbocycles. The molecule has 0 aromatic heterocycles. The number of carbonyl (C=O) groups is 2. The lowest BCUT2D eigenvalue weighted by Gasteiger charge is -2.18. The van der Waals surface area contributed by atoms with Crippen molar-refractivity contribution in [2.45, 2.75) is 13.3 Å². The van der Waals surface area contributed by atoms with Crippen molar-refractivity contribution in [2.75, 3.05) is 20.2 Å². The van der Waals surface area contributed by atoms with Crippen LogP contribution in [0.2, 0.25) is 0 Å². The molecule has 0 aliphatic rings. The molecule has 5 nitrogen and oxygen atoms in total. The summed E-state index contributed by atoms with van der Waals surface area (Å²) < 4.78 is 5.69. The molecule has 0 unspecified atom stereocenters. The van der Waals surface area contributed by atoms with E-state index in [9.17, 15) is 9.59 Å². The van der Waals surface area contributed by atoms with Crippen molar-refractivity contribution in [1.29, 1.82) is 0 Å². The summed E-state index contributed by atoms with van der Waals surface area (Å²) in [6.45, 7) is 2.84. The fourth-order valence-electron chi connectivity index (χ4n) is 2.26. The molecule has 0 heterocycles. The van der Waals surface area contributed by atoms with Gasteiger partial charge in [0.25, 0.3) is 0 Å². The van der Waals surface area contributed by atoms with E-state index in [-0.39, 0.29) is 17.9 Å². The first kappa shape index (κ1) is 17.5. The highest BCUT2D eigenvalue weighted by Crippen LogP contribution is 2.16. The van der Waals surface area contributed by atoms with Crippen LogP contribution in [0.15, 0.2) is 48.5 Å². The van der Waals surface area contributed by atoms with Crippen LogP contribution in [0.1, 0.15) is 21.5 Å². The first-order chi connectivity index (χ1) is 11.5. The molecule has 0 aliphatic heterocycles. The number of benzene rings is 2. The molecular weight excluding hydrogens is 306 g/mol. The van der Waals surface area contributed by atoms with Crippen LogP contribution in [0, 0.1) is 6.92 Å². The minimum Gasteiger partial charge on any atom is -0.491 e. The van der Waals surface area contributed by atoms with Crippen LogP contribution >= 0.6 is 0 Å². The standard InChI is InChI=1S/C19H21NO4/c1-14-6-3-4-9-17(14)24-11-10-20(2)18(21)13-15-7-5-8-16(12-15)19(22)23/h3-9,12H,10-11,13H2,1-2H3,(H,22,23). The van der Waals surface area contributed by atoms with E-state index in [1.54, 1.807) is 24.1 Å². The van der Waals surface area contributed by atoms with E-state index in [2.05, 4.69) is 0 Å². The Morgan fingerprint density at radius 1 is 1.12 bits per heavy atom. The molecule has 1 N–H and O–H groups in total. The van der Waals surface area contributed by atoms with Gasteiger partial charge in [-0.1, -0.05) is 30.3 Å². The third-order valence-electron chi connectivity index (χ3n) is 3.73. The van der Waals surface area contributed by atoms with Gasteiger partial charge in [-0.05, 0) is 36.2 Å². The molecule has 0 spiro atoms. The van der Waals surface area contributed by atoms with E-state index in [0.717, 1.165) is 11.3 Å². The summed E-state index contributed by atoms with van der Waals surface area (Å²) >= 11 is 0. The number of ether oxygens (including phenoxy) is 1. The highest BCUT2D eigenvalue weighted by atomic mass is 16.5. The summed E-state index contributed by atoms with van der Waals surface area (Å²) in [5, 5.41) is 8.99. The lowest BCUT2D eigenvalue weighted by molar-refractivity contribution is -0.129. The van der Waals surface area contributed by atoms with Crippen molar-refractivity contribution >= 4 is 11.9 Å². The first-order valence-corrected chi connectivity index (χ1v) is 7.72. The lowest BCUT2D eigenvalue weighted by atomic mass is 10.1. The van der Waals surface area contributed by atoms with Gasteiger partial charge in [0.05, 0.1) is 18.5 Å². The summed E-state index contributed by atoms with van der Waals surface area (Å²) in [4.78, 5) is 24.8. The highest BCUT2D eigenvalue weighted by molar-refractivity contribution is 5.88. The molecule has 0 radical (unpaired) electrons. The van der Waals surface area contributed by atoms with Crippen molar-refractivity contribution in [3.05, 3.63) is 65.2 Å². The largest absolute Gasteiger partial charge is 0.491 e. The maximum Gasteiger partial charge on any atom is 0.335 e. The molecule has 0 aliphatic carbocycles. The van der Waals surface area contributed by atoms with E-state index in [4.69, 9.17) is 9.84 Å². The molecule has 0 atom stereocenters. The predicted octanol–water partition coefficient (Wildman–Crippen LogP) is 2.77. The second kappa shape index (κ2) is 8.15. The van der Waals surface area contributed by atoms with Gasteiger partial charge in [-0.15, -0.1) is 0 Å². The van der Waals surface area contributed by atoms with Gasteiger partial charge in [-0.25, -0.2) is 4.79 Å². The number of para-hydroxylation sites is 1. The number of aryl methyl sites for hydroxylation is 1. The van der Waals surface area contributed by atoms with E-state index in [1.807, 2.05) is 31.2 Å². The van der Waals surface area contributed by atoms with Crippen LogP contribution in [0.4, 0.5) is 0 Å². The Hall–Kier alpha value is -2.82. The van der Waals surface area contributed by atoms with E-state index >= 15 is 0 Å². The zero-order valence-electron chi connectivity index (χ0n) is 13.9. The van der Waals surface area contributed by atoms with E-state index < -0.39 is 5.97 Å². The van der Waals surface area contributed by atoms with Crippen molar-refractivity contribution in [3.8, 4) is 5.75 Å². The molecule has 5 heteroatoms. The first-order valence-electron chi connectivity index (χ1n) is 7.72. The van der Waals surface area contributed by atoms with Crippen molar-refractivity contribution in [2.24, 2.45) is 0 Å². The Morgan fingerprint density at radius 2 is 1.88 bits per heavy atom. The number of hydrogen-bond acceptors (Lipinski definition) is 3. The fraction of sp³-hybridized carbons (Fsp3) is 0.263. The quantitative estimate of drug-likeness (QED) is 0.849. The number of nitrogens with zero attached hydrogens (tertiary/aromatic N) is 1. The SMILES string of the molecule is Cc1ccccc1OCCN(C)C(=O)Cc1cccc(C(=O)O)c1. The third-order valence-corrected chi connectivity index (χ3v) is 3.73. The van der Waals surface area contributed by atoms with Crippen LogP contribution in [0.5, 0.6) is 5.75 Å². The summed E-state index contributed by atoms with van der Waals surface area (Å²) in [6, 6.07) is 14.2. The lowest BCUT2D eigenvalue weighted by Crippen LogP contribution is -2.32. The molecule has 1 amide bonds. The van der Waals surface area contributed by atoms with Crippen LogP contribution in [-0.2, 0) is 11.2 Å². The number of carboxylic acids is 1. The Kier molecular flexibility index (Phi) is 5.95. The Balaban J connectivity index is 1.85. The van der Waals surface area contributed by atoms with E-state index in [0.29, 0.717) is 18.7 Å². The number of aromatic carboxylic acids is 1. The van der Waals surface area contributed by atoms with Gasteiger partial charge < -0.3 is 14.7 Å². The van der Waals surface area contributed by atoms with Gasteiger partial charge in [0.2, 0.25) is 5.91 Å². The minimum atomic E-state index is -0.996. The van der Waals surface area contributed by atoms with Crippen LogP contribution in [0.3, 0.4) is 0 Å². The second-order valence-corrected chi connectivity index (χ2v) is 5.61. The number of hydrogen-bond donors (Lipinski definition) is 1. The zero-order chi connectivity index (χ0) is 17.5. The number of rotatable bonds is 7. The summed E-state index contributed by atoms with van der Waals surface area (Å²) in [6.07, 6.45) is 0.169. The molecule has 2 aromatic carbocycles. The van der Waals surface area contributed by atoms with Crippen LogP contribution in [0.25, 0.3) is 0 Å². The molecule has 0 bridgehead atoms. The molecule has 2 aromatic rings. The Labute approximate surface area is 141 Å². The molecule has 2 rings (SSSR count). The van der Waals surface area contributed by atoms with Gasteiger partial charge in [0, 0.05) is 7.05 Å². The van der Waals surface area contributed by atoms with E-state index in [1.165, 1.54) is 12.1 Å². The van der Waals surface area contributed by atoms with Crippen LogP contribution < -0.4 is 4.74 Å². The number of likely N-dealkylation sites (N-methyl/N-ethyl adjacent to an activating group) is 1. The second-order valence-electron chi connectivity index (χ2n) is 5.61. The average Bonchev–Trinajstić information content (AvgIpc) is 2.56. The Morgan fingerprint density at radius 3 is 2.58 bits per heavy atom. The predicted molar refractivity (Wildman–Crippen MR) is 91.4 cm³/mol. The molecule has 0 saturated heterocycles. The summed E-state index contributed by atoms with van der Waals surface area (Å²) in [5.41, 5.74) is 1.93. The Bertz CT molecular complexity index is 727. The summed E-state index contributed by atoms with van der Waals surface area (Å²) in [7, 11) is 1.71. The molecular formula is C19H21NO4. The van der Waals surface area contributed by atoms with Gasteiger partial charge >= 0.3 is 5.97 Å². The van der Waals surface area contributed by atoms with Gasteiger partial charge in [-0.2, -0.15) is 0 Å². The third kappa shape index (κ3) is 4.84. The molecule has 24 heavy (non-hydrogen) atoms. The maximum atomic E-state index is 12.2. The van der Waals surface area contributed by atoms with Gasteiger partial charge in [-0.3, -0.25) is 4.79 Å². The van der Waals surface area contributed by atoms with Crippen LogP contribution in [-0.4, -0.2) is 42.1 Å². The molecule has 0 fully saturated rings. The number of carbonyl (C=O) groups excluding carboxylic acids is 1. The minimum absolute atomic E-state index is 0.0778. The van der Waals surface area contributed by atoms with Crippen molar-refractivity contribution in [3.63, 3.8) is 0 Å². The normalized spacial score (nSPS) is 10.2. The van der Waals surface area contributed by atoms with Crippen molar-refractivity contribution in [1.82, 2.24) is 4.90 Å². The van der Waals surface area contributed by atoms with Gasteiger partial charge in [0.1, 0.15) is 12.4 Å². The smallest absolute Gasteiger partial charge is 0.335 e. The van der Waals surface area contributed by atoms with Gasteiger partial charge in [0.15, 0.2) is 0 Å². The monoisotopic (exact) mass is 327 g/mol. The maximum absolute atomic E-state index is 12.2. The summed E-state index contributed by atoms with van der Waals surface area (Å²) in [5.74, 6) is -0.261. The fourth-order valence-corrected chi connectivity index (χ4v) is 2.26. The number of carboxylic acid groups (broad SMARTS) is 1. The molecule has 126 valence electrons. The zero-order valence-corrected chi connectivity index (χ0v) is 13.9. The average molecular weight is 327 g/mol. The highest BCUT2D eigenvalue weighted by Gasteiger charge is 2.11.